The van der Waals surface area contributed by atoms with Crippen molar-refractivity contribution in [3.8, 4) is 0 Å². The van der Waals surface area contributed by atoms with E-state index in [0.29, 0.717) is 13.2 Å². The molecule has 1 aliphatic rings. The Kier molecular flexibility index (Phi) is 2.65. The molecule has 0 aromatic carbocycles. The molecule has 1 atom stereocenters. The van der Waals surface area contributed by atoms with Gasteiger partial charge in [0, 0.05) is 13.7 Å². The fourth-order valence-electron chi connectivity index (χ4n) is 0.824. The summed E-state index contributed by atoms with van der Waals surface area (Å²) in [4.78, 5) is 10.5. The fourth-order valence-corrected chi connectivity index (χ4v) is 0.824. The van der Waals surface area contributed by atoms with Crippen LogP contribution in [0.2, 0.25) is 0 Å². The predicted molar refractivity (Wildman–Crippen MR) is 34.6 cm³/mol. The molecule has 0 bridgehead atoms. The Morgan fingerprint density at radius 1 is 1.90 bits per heavy atom. The van der Waals surface area contributed by atoms with E-state index in [1.54, 1.807) is 7.11 Å². The van der Waals surface area contributed by atoms with Gasteiger partial charge in [0.05, 0.1) is 12.7 Å². The van der Waals surface area contributed by atoms with Gasteiger partial charge in [-0.3, -0.25) is 4.79 Å². The third-order valence-electron chi connectivity index (χ3n) is 1.33. The number of hydrogen-bond donors (Lipinski definition) is 1. The molecule has 10 heavy (non-hydrogen) atoms. The molecule has 1 aliphatic heterocycles. The fraction of sp³-hybridized carbons (Fsp3) is 0.833. The zero-order valence-corrected chi connectivity index (χ0v) is 5.92. The average molecular weight is 145 g/mol. The van der Waals surface area contributed by atoms with Crippen LogP contribution in [0.4, 0.5) is 0 Å². The van der Waals surface area contributed by atoms with E-state index in [4.69, 9.17) is 9.47 Å². The van der Waals surface area contributed by atoms with Crippen molar-refractivity contribution in [2.45, 2.75) is 6.10 Å². The lowest BCUT2D eigenvalue weighted by Gasteiger charge is -2.21. The van der Waals surface area contributed by atoms with Crippen molar-refractivity contribution >= 4 is 5.91 Å². The molecule has 4 heteroatoms. The largest absolute Gasteiger partial charge is 0.382 e. The van der Waals surface area contributed by atoms with Crippen LogP contribution in [-0.4, -0.2) is 38.9 Å². The second-order valence-corrected chi connectivity index (χ2v) is 2.19. The van der Waals surface area contributed by atoms with Gasteiger partial charge < -0.3 is 14.8 Å². The molecule has 0 saturated carbocycles. The number of morpholine rings is 1. The van der Waals surface area contributed by atoms with Crippen molar-refractivity contribution < 1.29 is 14.3 Å². The number of rotatable bonds is 2. The third kappa shape index (κ3) is 1.97. The molecule has 58 valence electrons. The molecular weight excluding hydrogens is 134 g/mol. The zero-order chi connectivity index (χ0) is 7.40. The van der Waals surface area contributed by atoms with Gasteiger partial charge in [-0.1, -0.05) is 0 Å². The molecule has 1 fully saturated rings. The molecule has 0 aromatic rings. The topological polar surface area (TPSA) is 47.6 Å². The van der Waals surface area contributed by atoms with Crippen LogP contribution in [0.15, 0.2) is 0 Å². The quantitative estimate of drug-likeness (QED) is 0.550. The van der Waals surface area contributed by atoms with Gasteiger partial charge in [0.1, 0.15) is 6.61 Å². The lowest BCUT2D eigenvalue weighted by Crippen LogP contribution is -2.44. The molecular formula is C6H11NO3. The van der Waals surface area contributed by atoms with Crippen molar-refractivity contribution in [1.29, 1.82) is 0 Å². The highest BCUT2D eigenvalue weighted by molar-refractivity contribution is 5.77. The van der Waals surface area contributed by atoms with Crippen LogP contribution < -0.4 is 5.32 Å². The summed E-state index contributed by atoms with van der Waals surface area (Å²) < 4.78 is 9.93. The summed E-state index contributed by atoms with van der Waals surface area (Å²) in [6.45, 7) is 1.26. The smallest absolute Gasteiger partial charge is 0.246 e. The van der Waals surface area contributed by atoms with Gasteiger partial charge in [-0.2, -0.15) is 0 Å². The number of ether oxygens (including phenoxy) is 2. The van der Waals surface area contributed by atoms with Crippen molar-refractivity contribution in [1.82, 2.24) is 5.32 Å². The van der Waals surface area contributed by atoms with Gasteiger partial charge in [0.15, 0.2) is 0 Å². The van der Waals surface area contributed by atoms with Gasteiger partial charge in [-0.15, -0.1) is 0 Å². The molecule has 0 aliphatic carbocycles. The van der Waals surface area contributed by atoms with Gasteiger partial charge in [0.25, 0.3) is 0 Å². The summed E-state index contributed by atoms with van der Waals surface area (Å²) in [5, 5.41) is 2.67. The molecule has 0 spiro atoms. The van der Waals surface area contributed by atoms with Gasteiger partial charge in [-0.25, -0.2) is 0 Å². The minimum absolute atomic E-state index is 0.0303. The number of carbonyl (C=O) groups excluding carboxylic acids is 1. The van der Waals surface area contributed by atoms with Gasteiger partial charge in [-0.05, 0) is 0 Å². The second-order valence-electron chi connectivity index (χ2n) is 2.19. The highest BCUT2D eigenvalue weighted by atomic mass is 16.5. The van der Waals surface area contributed by atoms with Crippen molar-refractivity contribution in [2.75, 3.05) is 26.9 Å². The molecule has 1 rings (SSSR count). The van der Waals surface area contributed by atoms with Crippen LogP contribution in [0.25, 0.3) is 0 Å². The van der Waals surface area contributed by atoms with Crippen LogP contribution in [0, 0.1) is 0 Å². The first-order valence-corrected chi connectivity index (χ1v) is 3.20. The predicted octanol–water partition coefficient (Wildman–Crippen LogP) is -0.852. The first-order chi connectivity index (χ1) is 4.83. The molecule has 1 heterocycles. The number of nitrogens with one attached hydrogen (secondary N) is 1. The Morgan fingerprint density at radius 2 is 2.70 bits per heavy atom. The maximum atomic E-state index is 10.5. The van der Waals surface area contributed by atoms with Crippen LogP contribution in [0.1, 0.15) is 0 Å². The second kappa shape index (κ2) is 3.53. The lowest BCUT2D eigenvalue weighted by molar-refractivity contribution is -0.135. The first-order valence-electron chi connectivity index (χ1n) is 3.20. The van der Waals surface area contributed by atoms with Crippen molar-refractivity contribution in [2.24, 2.45) is 0 Å². The summed E-state index contributed by atoms with van der Waals surface area (Å²) in [5.41, 5.74) is 0. The lowest BCUT2D eigenvalue weighted by atomic mass is 10.3. The normalized spacial score (nSPS) is 26.1. The number of hydrogen-bond acceptors (Lipinski definition) is 3. The molecule has 1 N–H and O–H groups in total. The van der Waals surface area contributed by atoms with Gasteiger partial charge >= 0.3 is 0 Å². The van der Waals surface area contributed by atoms with E-state index in [1.807, 2.05) is 0 Å². The molecule has 1 saturated heterocycles. The van der Waals surface area contributed by atoms with Crippen LogP contribution in [-0.2, 0) is 14.3 Å². The van der Waals surface area contributed by atoms with E-state index in [2.05, 4.69) is 5.32 Å². The Balaban J connectivity index is 2.19. The molecule has 0 unspecified atom stereocenters. The zero-order valence-electron chi connectivity index (χ0n) is 5.92. The van der Waals surface area contributed by atoms with Crippen molar-refractivity contribution in [3.63, 3.8) is 0 Å². The minimum atomic E-state index is -0.0487. The highest BCUT2D eigenvalue weighted by Crippen LogP contribution is 1.95. The first kappa shape index (κ1) is 7.50. The third-order valence-corrected chi connectivity index (χ3v) is 1.33. The van der Waals surface area contributed by atoms with E-state index in [9.17, 15) is 4.79 Å². The van der Waals surface area contributed by atoms with Crippen LogP contribution in [0.3, 0.4) is 0 Å². The summed E-state index contributed by atoms with van der Waals surface area (Å²) in [7, 11) is 1.61. The summed E-state index contributed by atoms with van der Waals surface area (Å²) in [6.07, 6.45) is 0.0303. The number of methoxy groups -OCH3 is 1. The monoisotopic (exact) mass is 145 g/mol. The van der Waals surface area contributed by atoms with E-state index in [1.165, 1.54) is 0 Å². The standard InChI is InChI=1S/C6H11NO3/c1-9-3-5-2-7-6(8)4-10-5/h5H,2-4H2,1H3,(H,7,8)/t5-/m1/s1. The Morgan fingerprint density at radius 3 is 3.20 bits per heavy atom. The highest BCUT2D eigenvalue weighted by Gasteiger charge is 2.17. The Hall–Kier alpha value is -0.610. The number of amides is 1. The molecule has 0 radical (unpaired) electrons. The minimum Gasteiger partial charge on any atom is -0.382 e. The van der Waals surface area contributed by atoms with E-state index >= 15 is 0 Å². The number of carbonyl (C=O) groups is 1. The van der Waals surface area contributed by atoms with Gasteiger partial charge in [0.2, 0.25) is 5.91 Å². The SMILES string of the molecule is COC[C@H]1CNC(=O)CO1. The maximum Gasteiger partial charge on any atom is 0.246 e. The molecule has 4 nitrogen and oxygen atoms in total. The summed E-state index contributed by atoms with van der Waals surface area (Å²) >= 11 is 0. The van der Waals surface area contributed by atoms with Crippen molar-refractivity contribution in [3.05, 3.63) is 0 Å². The van der Waals surface area contributed by atoms with Crippen LogP contribution >= 0.6 is 0 Å². The maximum absolute atomic E-state index is 10.5. The average Bonchev–Trinajstić information content (AvgIpc) is 1.95. The van der Waals surface area contributed by atoms with E-state index in [-0.39, 0.29) is 18.6 Å². The summed E-state index contributed by atoms with van der Waals surface area (Å²) in [6, 6.07) is 0. The van der Waals surface area contributed by atoms with E-state index < -0.39 is 0 Å². The van der Waals surface area contributed by atoms with Crippen LogP contribution in [0.5, 0.6) is 0 Å². The van der Waals surface area contributed by atoms with E-state index in [0.717, 1.165) is 0 Å². The summed E-state index contributed by atoms with van der Waals surface area (Å²) in [5.74, 6) is -0.0487. The molecule has 0 aromatic heterocycles. The molecule has 1 amide bonds. The Labute approximate surface area is 59.5 Å². The Bertz CT molecular complexity index is 116.